The summed E-state index contributed by atoms with van der Waals surface area (Å²) in [6.07, 6.45) is 2.67. The van der Waals surface area contributed by atoms with Crippen LogP contribution >= 0.6 is 12.2 Å². The molecule has 1 unspecified atom stereocenters. The van der Waals surface area contributed by atoms with Crippen LogP contribution in [0.4, 0.5) is 0 Å². The topological polar surface area (TPSA) is 46.3 Å². The number of nitrogens with zero attached hydrogens (tertiary/aromatic N) is 1. The van der Waals surface area contributed by atoms with Gasteiger partial charge in [0.25, 0.3) is 0 Å². The van der Waals surface area contributed by atoms with E-state index in [1.807, 2.05) is 35.2 Å². The summed E-state index contributed by atoms with van der Waals surface area (Å²) in [5.41, 5.74) is 6.83. The van der Waals surface area contributed by atoms with Crippen LogP contribution in [0, 0.1) is 5.92 Å². The van der Waals surface area contributed by atoms with Gasteiger partial charge in [0, 0.05) is 12.1 Å². The van der Waals surface area contributed by atoms with Crippen LogP contribution in [0.5, 0.6) is 0 Å². The number of hydrogen-bond donors (Lipinski definition) is 1. The number of carbonyl (C=O) groups excluding carboxylic acids is 1. The quantitative estimate of drug-likeness (QED) is 0.867. The molecule has 108 valence electrons. The van der Waals surface area contributed by atoms with E-state index < -0.39 is 5.92 Å². The van der Waals surface area contributed by atoms with Gasteiger partial charge in [0.2, 0.25) is 5.91 Å². The smallest absolute Gasteiger partial charge is 0.233 e. The van der Waals surface area contributed by atoms with E-state index in [0.29, 0.717) is 11.4 Å². The molecule has 2 N–H and O–H groups in total. The van der Waals surface area contributed by atoms with Crippen LogP contribution < -0.4 is 5.73 Å². The summed E-state index contributed by atoms with van der Waals surface area (Å²) in [5.74, 6) is -0.325. The van der Waals surface area contributed by atoms with Gasteiger partial charge in [-0.25, -0.2) is 0 Å². The van der Waals surface area contributed by atoms with Gasteiger partial charge < -0.3 is 10.6 Å². The van der Waals surface area contributed by atoms with E-state index in [1.165, 1.54) is 0 Å². The van der Waals surface area contributed by atoms with E-state index in [1.54, 1.807) is 0 Å². The highest BCUT2D eigenvalue weighted by Gasteiger charge is 2.39. The summed E-state index contributed by atoms with van der Waals surface area (Å²) in [6, 6.07) is 9.92. The van der Waals surface area contributed by atoms with Crippen molar-refractivity contribution in [1.29, 1.82) is 0 Å². The van der Waals surface area contributed by atoms with Gasteiger partial charge in [-0.1, -0.05) is 42.5 Å². The molecule has 4 heteroatoms. The number of nitrogens with two attached hydrogens (primary N) is 1. The summed E-state index contributed by atoms with van der Waals surface area (Å²) in [7, 11) is 0. The average molecular weight is 290 g/mol. The zero-order valence-corrected chi connectivity index (χ0v) is 13.0. The Bertz CT molecular complexity index is 498. The van der Waals surface area contributed by atoms with E-state index in [9.17, 15) is 4.79 Å². The first kappa shape index (κ1) is 15.0. The molecule has 3 nitrogen and oxygen atoms in total. The lowest BCUT2D eigenvalue weighted by atomic mass is 9.95. The van der Waals surface area contributed by atoms with Crippen molar-refractivity contribution in [2.45, 2.75) is 38.6 Å². The Morgan fingerprint density at radius 1 is 1.40 bits per heavy atom. The summed E-state index contributed by atoms with van der Waals surface area (Å²) < 4.78 is 0. The van der Waals surface area contributed by atoms with Gasteiger partial charge in [-0.3, -0.25) is 4.79 Å². The third kappa shape index (κ3) is 3.18. The molecule has 1 fully saturated rings. The fourth-order valence-electron chi connectivity index (χ4n) is 2.86. The van der Waals surface area contributed by atoms with Gasteiger partial charge >= 0.3 is 0 Å². The van der Waals surface area contributed by atoms with Gasteiger partial charge in [0.1, 0.15) is 0 Å². The summed E-state index contributed by atoms with van der Waals surface area (Å²) in [5, 5.41) is 0. The van der Waals surface area contributed by atoms with Gasteiger partial charge in [0.15, 0.2) is 0 Å². The number of benzene rings is 1. The molecule has 1 saturated heterocycles. The van der Waals surface area contributed by atoms with E-state index in [-0.39, 0.29) is 11.4 Å². The van der Waals surface area contributed by atoms with Crippen LogP contribution in [0.3, 0.4) is 0 Å². The molecule has 20 heavy (non-hydrogen) atoms. The van der Waals surface area contributed by atoms with Crippen LogP contribution in [0.25, 0.3) is 0 Å². The van der Waals surface area contributed by atoms with Crippen molar-refractivity contribution >= 4 is 23.1 Å². The monoisotopic (exact) mass is 290 g/mol. The van der Waals surface area contributed by atoms with Gasteiger partial charge in [0.05, 0.1) is 10.9 Å². The van der Waals surface area contributed by atoms with Crippen LogP contribution in [0.2, 0.25) is 0 Å². The number of carbonyl (C=O) groups is 1. The van der Waals surface area contributed by atoms with Crippen molar-refractivity contribution in [2.24, 2.45) is 11.7 Å². The third-order valence-electron chi connectivity index (χ3n) is 4.09. The molecule has 0 radical (unpaired) electrons. The van der Waals surface area contributed by atoms with Crippen LogP contribution in [0.15, 0.2) is 30.3 Å². The Morgan fingerprint density at radius 3 is 2.55 bits per heavy atom. The molecular weight excluding hydrogens is 268 g/mol. The average Bonchev–Trinajstić information content (AvgIpc) is 2.76. The van der Waals surface area contributed by atoms with E-state index >= 15 is 0 Å². The maximum Gasteiger partial charge on any atom is 0.233 e. The third-order valence-corrected chi connectivity index (χ3v) is 4.38. The maximum atomic E-state index is 12.8. The largest absolute Gasteiger partial charge is 0.393 e. The second-order valence-electron chi connectivity index (χ2n) is 6.05. The van der Waals surface area contributed by atoms with Gasteiger partial charge in [-0.2, -0.15) is 0 Å². The van der Waals surface area contributed by atoms with E-state index in [0.717, 1.165) is 24.9 Å². The number of amides is 1. The molecule has 1 aliphatic heterocycles. The van der Waals surface area contributed by atoms with Crippen molar-refractivity contribution in [2.75, 3.05) is 6.54 Å². The van der Waals surface area contributed by atoms with Crippen molar-refractivity contribution in [3.8, 4) is 0 Å². The van der Waals surface area contributed by atoms with Gasteiger partial charge in [-0.05, 0) is 38.7 Å². The van der Waals surface area contributed by atoms with Crippen molar-refractivity contribution in [3.63, 3.8) is 0 Å². The van der Waals surface area contributed by atoms with E-state index in [4.69, 9.17) is 18.0 Å². The highest BCUT2D eigenvalue weighted by Crippen LogP contribution is 2.30. The second-order valence-corrected chi connectivity index (χ2v) is 6.52. The Labute approximate surface area is 126 Å². The number of likely N-dealkylation sites (tertiary alicyclic amines) is 1. The summed E-state index contributed by atoms with van der Waals surface area (Å²) in [4.78, 5) is 15.0. The number of rotatable bonds is 4. The Kier molecular flexibility index (Phi) is 4.43. The molecule has 0 aliphatic carbocycles. The predicted octanol–water partition coefficient (Wildman–Crippen LogP) is 2.53. The molecular formula is C16H22N2OS. The molecule has 0 spiro atoms. The Morgan fingerprint density at radius 2 is 2.05 bits per heavy atom. The SMILES string of the molecule is CC1(C)CCCN1C(=O)C(Cc1ccccc1)C(N)=S. The zero-order valence-electron chi connectivity index (χ0n) is 12.1. The molecule has 1 aromatic rings. The van der Waals surface area contributed by atoms with Crippen molar-refractivity contribution in [3.05, 3.63) is 35.9 Å². The molecule has 1 heterocycles. The Balaban J connectivity index is 2.17. The molecule has 2 rings (SSSR count). The lowest BCUT2D eigenvalue weighted by Gasteiger charge is -2.34. The number of hydrogen-bond acceptors (Lipinski definition) is 2. The van der Waals surface area contributed by atoms with Crippen molar-refractivity contribution in [1.82, 2.24) is 4.90 Å². The van der Waals surface area contributed by atoms with Crippen LogP contribution in [-0.2, 0) is 11.2 Å². The standard InChI is InChI=1S/C16H22N2OS/c1-16(2)9-6-10-18(16)15(19)13(14(17)20)11-12-7-4-3-5-8-12/h3-5,7-8,13H,6,9-11H2,1-2H3,(H2,17,20). The fraction of sp³-hybridized carbons (Fsp3) is 0.500. The minimum atomic E-state index is -0.398. The summed E-state index contributed by atoms with van der Waals surface area (Å²) in [6.45, 7) is 5.02. The molecule has 0 bridgehead atoms. The lowest BCUT2D eigenvalue weighted by Crippen LogP contribution is -2.48. The minimum Gasteiger partial charge on any atom is -0.393 e. The molecule has 0 aromatic heterocycles. The van der Waals surface area contributed by atoms with Crippen LogP contribution in [-0.4, -0.2) is 27.9 Å². The molecule has 1 amide bonds. The number of thiocarbonyl (C=S) groups is 1. The first-order chi connectivity index (χ1) is 9.42. The second kappa shape index (κ2) is 5.92. The molecule has 1 aliphatic rings. The normalized spacial score (nSPS) is 18.8. The fourth-order valence-corrected chi connectivity index (χ4v) is 3.05. The molecule has 1 aromatic carbocycles. The zero-order chi connectivity index (χ0) is 14.8. The predicted molar refractivity (Wildman–Crippen MR) is 85.4 cm³/mol. The Hall–Kier alpha value is -1.42. The highest BCUT2D eigenvalue weighted by molar-refractivity contribution is 7.80. The van der Waals surface area contributed by atoms with Gasteiger partial charge in [-0.15, -0.1) is 0 Å². The first-order valence-electron chi connectivity index (χ1n) is 7.06. The highest BCUT2D eigenvalue weighted by atomic mass is 32.1. The molecule has 0 saturated carbocycles. The molecule has 1 atom stereocenters. The summed E-state index contributed by atoms with van der Waals surface area (Å²) >= 11 is 5.13. The van der Waals surface area contributed by atoms with Crippen LogP contribution in [0.1, 0.15) is 32.3 Å². The first-order valence-corrected chi connectivity index (χ1v) is 7.47. The maximum absolute atomic E-state index is 12.8. The van der Waals surface area contributed by atoms with Crippen molar-refractivity contribution < 1.29 is 4.79 Å². The van der Waals surface area contributed by atoms with E-state index in [2.05, 4.69) is 13.8 Å². The lowest BCUT2D eigenvalue weighted by molar-refractivity contribution is -0.136. The minimum absolute atomic E-state index is 0.0730.